The number of aliphatic imine (C=N–C) groups is 1. The van der Waals surface area contributed by atoms with Crippen LogP contribution in [0.3, 0.4) is 0 Å². The third kappa shape index (κ3) is 6.12. The maximum Gasteiger partial charge on any atom is 0.218 e. The van der Waals surface area contributed by atoms with Gasteiger partial charge in [0.2, 0.25) is 5.88 Å². The fourth-order valence-electron chi connectivity index (χ4n) is 3.32. The highest BCUT2D eigenvalue weighted by Gasteiger charge is 2.20. The zero-order valence-electron chi connectivity index (χ0n) is 17.3. The van der Waals surface area contributed by atoms with E-state index in [1.165, 1.54) is 5.69 Å². The number of methoxy groups -OCH3 is 1. The number of anilines is 1. The van der Waals surface area contributed by atoms with Crippen LogP contribution < -0.4 is 19.7 Å². The van der Waals surface area contributed by atoms with Gasteiger partial charge in [-0.3, -0.25) is 4.99 Å². The van der Waals surface area contributed by atoms with Gasteiger partial charge < -0.3 is 24.6 Å². The molecule has 2 aromatic rings. The average Bonchev–Trinajstić information content (AvgIpc) is 2.76. The van der Waals surface area contributed by atoms with Crippen molar-refractivity contribution >= 4 is 35.6 Å². The molecule has 3 rings (SSSR count). The molecule has 0 amide bonds. The Morgan fingerprint density at radius 3 is 2.66 bits per heavy atom. The van der Waals surface area contributed by atoms with Crippen LogP contribution in [0.1, 0.15) is 12.5 Å². The van der Waals surface area contributed by atoms with E-state index in [0.29, 0.717) is 19.0 Å². The first-order valence-corrected chi connectivity index (χ1v) is 9.66. The number of aromatic nitrogens is 1. The van der Waals surface area contributed by atoms with Gasteiger partial charge in [0.1, 0.15) is 5.75 Å². The molecule has 1 aromatic heterocycles. The standard InChI is InChI=1S/C21H29N5O2.HI/c1-4-28-20-17(7-6-10-23-20)16-24-21(22-2)26-13-11-25(12-14-26)18-8-5-9-19(15-18)27-3;/h5-10,15H,4,11-14,16H2,1-3H3,(H,22,24);1H. The number of ether oxygens (including phenoxy) is 2. The number of hydrogen-bond acceptors (Lipinski definition) is 5. The molecule has 0 spiro atoms. The molecule has 0 bridgehead atoms. The topological polar surface area (TPSA) is 62.2 Å². The Morgan fingerprint density at radius 2 is 1.97 bits per heavy atom. The lowest BCUT2D eigenvalue weighted by atomic mass is 10.2. The van der Waals surface area contributed by atoms with Crippen molar-refractivity contribution in [3.63, 3.8) is 0 Å². The van der Waals surface area contributed by atoms with Crippen LogP contribution in [0.5, 0.6) is 11.6 Å². The monoisotopic (exact) mass is 511 g/mol. The van der Waals surface area contributed by atoms with Crippen molar-refractivity contribution in [2.75, 3.05) is 51.8 Å². The summed E-state index contributed by atoms with van der Waals surface area (Å²) in [5, 5.41) is 3.44. The Morgan fingerprint density at radius 1 is 1.17 bits per heavy atom. The van der Waals surface area contributed by atoms with Crippen molar-refractivity contribution in [1.29, 1.82) is 0 Å². The molecule has 0 aliphatic carbocycles. The van der Waals surface area contributed by atoms with Gasteiger partial charge in [0.05, 0.1) is 13.7 Å². The minimum atomic E-state index is 0. The van der Waals surface area contributed by atoms with Gasteiger partial charge in [0.25, 0.3) is 0 Å². The van der Waals surface area contributed by atoms with Gasteiger partial charge in [0.15, 0.2) is 5.96 Å². The molecule has 1 N–H and O–H groups in total. The Hall–Kier alpha value is -2.23. The van der Waals surface area contributed by atoms with Gasteiger partial charge in [-0.2, -0.15) is 0 Å². The number of nitrogens with zero attached hydrogens (tertiary/aromatic N) is 4. The highest BCUT2D eigenvalue weighted by Crippen LogP contribution is 2.22. The van der Waals surface area contributed by atoms with Gasteiger partial charge in [-0.05, 0) is 25.1 Å². The lowest BCUT2D eigenvalue weighted by Gasteiger charge is -2.37. The second kappa shape index (κ2) is 11.7. The van der Waals surface area contributed by atoms with Crippen LogP contribution >= 0.6 is 24.0 Å². The molecule has 0 unspecified atom stereocenters. The zero-order valence-corrected chi connectivity index (χ0v) is 19.6. The Kier molecular flexibility index (Phi) is 9.30. The first-order valence-electron chi connectivity index (χ1n) is 9.66. The molecule has 0 saturated carbocycles. The summed E-state index contributed by atoms with van der Waals surface area (Å²) in [5.74, 6) is 2.46. The predicted octanol–water partition coefficient (Wildman–Crippen LogP) is 3.00. The lowest BCUT2D eigenvalue weighted by Crippen LogP contribution is -2.52. The largest absolute Gasteiger partial charge is 0.497 e. The zero-order chi connectivity index (χ0) is 19.8. The van der Waals surface area contributed by atoms with Crippen LogP contribution in [0.15, 0.2) is 47.6 Å². The number of piperazine rings is 1. The molecule has 0 radical (unpaired) electrons. The van der Waals surface area contributed by atoms with Crippen LogP contribution in [0.25, 0.3) is 0 Å². The summed E-state index contributed by atoms with van der Waals surface area (Å²) in [6.07, 6.45) is 1.75. The number of halogens is 1. The van der Waals surface area contributed by atoms with Gasteiger partial charge in [-0.1, -0.05) is 12.1 Å². The number of nitrogens with one attached hydrogen (secondary N) is 1. The van der Waals surface area contributed by atoms with Gasteiger partial charge in [0, 0.05) is 63.3 Å². The molecule has 1 aromatic carbocycles. The van der Waals surface area contributed by atoms with Crippen molar-refractivity contribution in [1.82, 2.24) is 15.2 Å². The van der Waals surface area contributed by atoms with E-state index in [2.05, 4.69) is 37.2 Å². The van der Waals surface area contributed by atoms with Crippen LogP contribution in [0, 0.1) is 0 Å². The van der Waals surface area contributed by atoms with Gasteiger partial charge in [-0.25, -0.2) is 4.98 Å². The quantitative estimate of drug-likeness (QED) is 0.366. The molecule has 7 nitrogen and oxygen atoms in total. The second-order valence-electron chi connectivity index (χ2n) is 6.48. The number of guanidine groups is 1. The SMILES string of the molecule is CCOc1ncccc1CNC(=NC)N1CCN(c2cccc(OC)c2)CC1.I. The minimum Gasteiger partial charge on any atom is -0.497 e. The maximum absolute atomic E-state index is 5.61. The molecule has 158 valence electrons. The summed E-state index contributed by atoms with van der Waals surface area (Å²) in [7, 11) is 3.52. The van der Waals surface area contributed by atoms with Gasteiger partial charge >= 0.3 is 0 Å². The highest BCUT2D eigenvalue weighted by atomic mass is 127. The van der Waals surface area contributed by atoms with Gasteiger partial charge in [-0.15, -0.1) is 24.0 Å². The normalized spacial score (nSPS) is 14.2. The summed E-state index contributed by atoms with van der Waals surface area (Å²) >= 11 is 0. The molecule has 8 heteroatoms. The van der Waals surface area contributed by atoms with Crippen molar-refractivity contribution in [3.05, 3.63) is 48.2 Å². The summed E-state index contributed by atoms with van der Waals surface area (Å²) < 4.78 is 11.0. The third-order valence-electron chi connectivity index (χ3n) is 4.78. The minimum absolute atomic E-state index is 0. The Balaban J connectivity index is 0.00000300. The smallest absolute Gasteiger partial charge is 0.218 e. The van der Waals surface area contributed by atoms with Crippen molar-refractivity contribution in [2.24, 2.45) is 4.99 Å². The fourth-order valence-corrected chi connectivity index (χ4v) is 3.32. The molecule has 1 aliphatic rings. The van der Waals surface area contributed by atoms with Crippen LogP contribution in [-0.2, 0) is 6.54 Å². The van der Waals surface area contributed by atoms with E-state index in [0.717, 1.165) is 43.5 Å². The molecule has 0 atom stereocenters. The molecule has 1 aliphatic heterocycles. The Bertz CT molecular complexity index is 794. The number of rotatable bonds is 6. The average molecular weight is 511 g/mol. The van der Waals surface area contributed by atoms with Crippen molar-refractivity contribution in [2.45, 2.75) is 13.5 Å². The van der Waals surface area contributed by atoms with Crippen LogP contribution in [0.2, 0.25) is 0 Å². The first kappa shape index (κ1) is 23.1. The predicted molar refractivity (Wildman–Crippen MR) is 128 cm³/mol. The molecule has 1 saturated heterocycles. The Labute approximate surface area is 190 Å². The molecular formula is C21H30IN5O2. The van der Waals surface area contributed by atoms with Crippen molar-refractivity contribution < 1.29 is 9.47 Å². The summed E-state index contributed by atoms with van der Waals surface area (Å²) in [4.78, 5) is 13.4. The van der Waals surface area contributed by atoms with E-state index in [1.807, 2.05) is 38.2 Å². The van der Waals surface area contributed by atoms with Crippen LogP contribution in [0.4, 0.5) is 5.69 Å². The number of hydrogen-bond donors (Lipinski definition) is 1. The van der Waals surface area contributed by atoms with E-state index in [-0.39, 0.29) is 24.0 Å². The number of pyridine rings is 1. The molecular weight excluding hydrogens is 481 g/mol. The van der Waals surface area contributed by atoms with E-state index in [9.17, 15) is 0 Å². The van der Waals surface area contributed by atoms with E-state index in [4.69, 9.17) is 9.47 Å². The second-order valence-corrected chi connectivity index (χ2v) is 6.48. The van der Waals surface area contributed by atoms with E-state index < -0.39 is 0 Å². The number of benzene rings is 1. The highest BCUT2D eigenvalue weighted by molar-refractivity contribution is 14.0. The third-order valence-corrected chi connectivity index (χ3v) is 4.78. The lowest BCUT2D eigenvalue weighted by molar-refractivity contribution is 0.322. The van der Waals surface area contributed by atoms with Crippen LogP contribution in [-0.4, -0.2) is 62.8 Å². The molecule has 29 heavy (non-hydrogen) atoms. The maximum atomic E-state index is 5.61. The molecule has 1 fully saturated rings. The first-order chi connectivity index (χ1) is 13.7. The van der Waals surface area contributed by atoms with Crippen molar-refractivity contribution in [3.8, 4) is 11.6 Å². The van der Waals surface area contributed by atoms with E-state index in [1.54, 1.807) is 13.3 Å². The molecule has 2 heterocycles. The van der Waals surface area contributed by atoms with E-state index >= 15 is 0 Å². The fraction of sp³-hybridized carbons (Fsp3) is 0.429. The summed E-state index contributed by atoms with van der Waals surface area (Å²) in [6.45, 7) is 6.88. The summed E-state index contributed by atoms with van der Waals surface area (Å²) in [5.41, 5.74) is 2.22. The summed E-state index contributed by atoms with van der Waals surface area (Å²) in [6, 6.07) is 12.2.